The van der Waals surface area contributed by atoms with Gasteiger partial charge in [-0.15, -0.1) is 0 Å². The zero-order chi connectivity index (χ0) is 13.6. The fraction of sp³-hybridized carbons (Fsp3) is 0.417. The van der Waals surface area contributed by atoms with Gasteiger partial charge in [0.1, 0.15) is 0 Å². The van der Waals surface area contributed by atoms with E-state index >= 15 is 0 Å². The van der Waals surface area contributed by atoms with Gasteiger partial charge in [0.15, 0.2) is 5.84 Å². The number of rotatable bonds is 6. The van der Waals surface area contributed by atoms with Gasteiger partial charge in [-0.25, -0.2) is 0 Å². The maximum atomic E-state index is 9.58. The Bertz CT molecular complexity index is 402. The number of oxime groups is 1. The molecule has 0 aliphatic rings. The Morgan fingerprint density at radius 2 is 2.00 bits per heavy atom. The molecule has 0 aliphatic carbocycles. The summed E-state index contributed by atoms with van der Waals surface area (Å²) in [4.78, 5) is 0. The van der Waals surface area contributed by atoms with Crippen molar-refractivity contribution in [2.75, 3.05) is 13.2 Å². The molecular weight excluding hydrogens is 234 g/mol. The second kappa shape index (κ2) is 6.34. The lowest BCUT2D eigenvalue weighted by Gasteiger charge is -2.20. The normalized spacial score (nSPS) is 15.4. The highest BCUT2D eigenvalue weighted by atomic mass is 16.4. The van der Waals surface area contributed by atoms with E-state index < -0.39 is 5.60 Å². The third kappa shape index (κ3) is 4.33. The molecule has 0 aliphatic heterocycles. The van der Waals surface area contributed by atoms with Crippen molar-refractivity contribution in [3.63, 3.8) is 0 Å². The first-order chi connectivity index (χ1) is 8.48. The van der Waals surface area contributed by atoms with E-state index in [9.17, 15) is 5.11 Å². The third-order valence-electron chi connectivity index (χ3n) is 2.53. The van der Waals surface area contributed by atoms with Crippen LogP contribution in [0.2, 0.25) is 0 Å². The summed E-state index contributed by atoms with van der Waals surface area (Å²) in [6.07, 6.45) is 0. The van der Waals surface area contributed by atoms with Crippen molar-refractivity contribution in [3.8, 4) is 0 Å². The van der Waals surface area contributed by atoms with E-state index in [0.29, 0.717) is 18.7 Å². The molecule has 6 N–H and O–H groups in total. The van der Waals surface area contributed by atoms with E-state index in [1.807, 2.05) is 12.1 Å². The Labute approximate surface area is 106 Å². The van der Waals surface area contributed by atoms with Gasteiger partial charge in [0.05, 0.1) is 12.2 Å². The lowest BCUT2D eigenvalue weighted by molar-refractivity contribution is 0.00254. The van der Waals surface area contributed by atoms with Crippen molar-refractivity contribution in [1.29, 1.82) is 0 Å². The Balaban J connectivity index is 2.50. The van der Waals surface area contributed by atoms with Gasteiger partial charge >= 0.3 is 0 Å². The Morgan fingerprint density at radius 1 is 1.39 bits per heavy atom. The lowest BCUT2D eigenvalue weighted by atomic mass is 10.1. The van der Waals surface area contributed by atoms with E-state index in [2.05, 4.69) is 10.5 Å². The number of aliphatic hydroxyl groups excluding tert-OH is 1. The van der Waals surface area contributed by atoms with Gasteiger partial charge in [0.25, 0.3) is 0 Å². The minimum Gasteiger partial charge on any atom is -0.409 e. The van der Waals surface area contributed by atoms with Crippen LogP contribution >= 0.6 is 0 Å². The molecule has 1 atom stereocenters. The molecule has 6 heteroatoms. The third-order valence-corrected chi connectivity index (χ3v) is 2.53. The monoisotopic (exact) mass is 253 g/mol. The average Bonchev–Trinajstić information content (AvgIpc) is 2.38. The van der Waals surface area contributed by atoms with Gasteiger partial charge in [-0.05, 0) is 12.5 Å². The molecule has 0 fully saturated rings. The van der Waals surface area contributed by atoms with Crippen molar-refractivity contribution in [2.24, 2.45) is 10.9 Å². The Morgan fingerprint density at radius 3 is 2.50 bits per heavy atom. The summed E-state index contributed by atoms with van der Waals surface area (Å²) in [5.41, 5.74) is 5.97. The minimum absolute atomic E-state index is 0.0673. The van der Waals surface area contributed by atoms with Gasteiger partial charge in [-0.2, -0.15) is 0 Å². The quantitative estimate of drug-likeness (QED) is 0.205. The van der Waals surface area contributed by atoms with Crippen molar-refractivity contribution in [1.82, 2.24) is 5.32 Å². The molecule has 0 aromatic heterocycles. The predicted molar refractivity (Wildman–Crippen MR) is 68.4 cm³/mol. The van der Waals surface area contributed by atoms with Crippen LogP contribution in [0.3, 0.4) is 0 Å². The molecule has 0 heterocycles. The molecule has 0 spiro atoms. The average molecular weight is 253 g/mol. The first-order valence-corrected chi connectivity index (χ1v) is 5.59. The zero-order valence-electron chi connectivity index (χ0n) is 10.3. The summed E-state index contributed by atoms with van der Waals surface area (Å²) in [5.74, 6) is 0.0673. The van der Waals surface area contributed by atoms with Crippen LogP contribution in [0.5, 0.6) is 0 Å². The van der Waals surface area contributed by atoms with Crippen molar-refractivity contribution < 1.29 is 15.4 Å². The fourth-order valence-corrected chi connectivity index (χ4v) is 1.38. The molecule has 1 unspecified atom stereocenters. The summed E-state index contributed by atoms with van der Waals surface area (Å²) in [5, 5.41) is 32.9. The van der Waals surface area contributed by atoms with Gasteiger partial charge in [-0.1, -0.05) is 29.4 Å². The molecule has 0 bridgehead atoms. The standard InChI is InChI=1S/C12H19N3O3/c1-12(17,8-16)7-14-6-9-2-4-10(5-3-9)11(13)15-18/h2-5,14,16-18H,6-8H2,1H3,(H2,13,15). The molecule has 18 heavy (non-hydrogen) atoms. The van der Waals surface area contributed by atoms with Crippen LogP contribution in [0.25, 0.3) is 0 Å². The van der Waals surface area contributed by atoms with E-state index in [0.717, 1.165) is 5.56 Å². The van der Waals surface area contributed by atoms with Crippen LogP contribution in [-0.4, -0.2) is 40.0 Å². The van der Waals surface area contributed by atoms with Gasteiger partial charge in [0.2, 0.25) is 0 Å². The molecule has 0 saturated heterocycles. The van der Waals surface area contributed by atoms with Crippen molar-refractivity contribution >= 4 is 5.84 Å². The number of hydrogen-bond acceptors (Lipinski definition) is 5. The molecule has 1 rings (SSSR count). The van der Waals surface area contributed by atoms with Crippen LogP contribution in [0.15, 0.2) is 29.4 Å². The van der Waals surface area contributed by atoms with E-state index in [1.165, 1.54) is 0 Å². The minimum atomic E-state index is -1.12. The van der Waals surface area contributed by atoms with Crippen LogP contribution in [0.1, 0.15) is 18.1 Å². The fourth-order valence-electron chi connectivity index (χ4n) is 1.38. The number of aliphatic hydroxyl groups is 2. The van der Waals surface area contributed by atoms with Crippen molar-refractivity contribution in [3.05, 3.63) is 35.4 Å². The molecular formula is C12H19N3O3. The summed E-state index contributed by atoms with van der Waals surface area (Å²) < 4.78 is 0. The van der Waals surface area contributed by atoms with Crippen LogP contribution in [0.4, 0.5) is 0 Å². The summed E-state index contributed by atoms with van der Waals surface area (Å²) in [6.45, 7) is 2.13. The number of benzene rings is 1. The lowest BCUT2D eigenvalue weighted by Crippen LogP contribution is -2.40. The van der Waals surface area contributed by atoms with E-state index in [4.69, 9.17) is 16.0 Å². The second-order valence-electron chi connectivity index (χ2n) is 4.44. The van der Waals surface area contributed by atoms with Crippen LogP contribution in [0, 0.1) is 0 Å². The summed E-state index contributed by atoms with van der Waals surface area (Å²) in [6, 6.07) is 7.18. The highest BCUT2D eigenvalue weighted by molar-refractivity contribution is 5.96. The number of nitrogens with one attached hydrogen (secondary N) is 1. The second-order valence-corrected chi connectivity index (χ2v) is 4.44. The molecule has 6 nitrogen and oxygen atoms in total. The van der Waals surface area contributed by atoms with Gasteiger partial charge in [0, 0.05) is 18.7 Å². The van der Waals surface area contributed by atoms with E-state index in [-0.39, 0.29) is 12.4 Å². The highest BCUT2D eigenvalue weighted by Gasteiger charge is 2.17. The number of hydrogen-bond donors (Lipinski definition) is 5. The zero-order valence-corrected chi connectivity index (χ0v) is 10.3. The summed E-state index contributed by atoms with van der Waals surface area (Å²) >= 11 is 0. The Kier molecular flexibility index (Phi) is 5.08. The number of amidine groups is 1. The topological polar surface area (TPSA) is 111 Å². The Hall–Kier alpha value is -1.63. The molecule has 1 aromatic carbocycles. The van der Waals surface area contributed by atoms with Crippen LogP contribution in [-0.2, 0) is 6.54 Å². The highest BCUT2D eigenvalue weighted by Crippen LogP contribution is 2.05. The molecule has 100 valence electrons. The van der Waals surface area contributed by atoms with E-state index in [1.54, 1.807) is 19.1 Å². The molecule has 0 amide bonds. The summed E-state index contributed by atoms with van der Waals surface area (Å²) in [7, 11) is 0. The first-order valence-electron chi connectivity index (χ1n) is 5.59. The maximum absolute atomic E-state index is 9.58. The smallest absolute Gasteiger partial charge is 0.170 e. The molecule has 0 saturated carbocycles. The number of nitrogens with zero attached hydrogens (tertiary/aromatic N) is 1. The molecule has 1 aromatic rings. The molecule has 0 radical (unpaired) electrons. The predicted octanol–water partition coefficient (Wildman–Crippen LogP) is -0.386. The SMILES string of the molecule is CC(O)(CO)CNCc1ccc(C(N)=NO)cc1. The van der Waals surface area contributed by atoms with Gasteiger partial charge < -0.3 is 26.5 Å². The first kappa shape index (κ1) is 14.4. The van der Waals surface area contributed by atoms with Crippen LogP contribution < -0.4 is 11.1 Å². The van der Waals surface area contributed by atoms with Gasteiger partial charge in [-0.3, -0.25) is 0 Å². The maximum Gasteiger partial charge on any atom is 0.170 e. The number of nitrogens with two attached hydrogens (primary N) is 1. The largest absolute Gasteiger partial charge is 0.409 e. The van der Waals surface area contributed by atoms with Crippen molar-refractivity contribution in [2.45, 2.75) is 19.1 Å².